The average Bonchev–Trinajstić information content (AvgIpc) is 2.74. The van der Waals surface area contributed by atoms with Crippen molar-refractivity contribution in [3.05, 3.63) is 64.4 Å². The number of nitrogens with one attached hydrogen (secondary N) is 1. The lowest BCUT2D eigenvalue weighted by Gasteiger charge is -2.26. The van der Waals surface area contributed by atoms with Gasteiger partial charge in [0.25, 0.3) is 5.91 Å². The maximum absolute atomic E-state index is 14.1. The van der Waals surface area contributed by atoms with Gasteiger partial charge in [-0.1, -0.05) is 29.8 Å². The predicted molar refractivity (Wildman–Crippen MR) is 107 cm³/mol. The van der Waals surface area contributed by atoms with Crippen LogP contribution in [0.15, 0.2) is 52.5 Å². The molecule has 2 aromatic rings. The standard InChI is InChI=1S/C19H19ClFN3O4S/c1-13(16-6-3-7-17(20)18(16)21)22-23-19(25)14-4-2-5-15(12-14)29(26,27)24-8-10-28-11-9-24/h2-7,12H,8-11H2,1H3,(H,23,25). The number of amides is 1. The summed E-state index contributed by atoms with van der Waals surface area (Å²) in [4.78, 5) is 12.4. The van der Waals surface area contributed by atoms with Crippen LogP contribution < -0.4 is 5.43 Å². The van der Waals surface area contributed by atoms with E-state index < -0.39 is 21.7 Å². The van der Waals surface area contributed by atoms with Crippen LogP contribution in [0.25, 0.3) is 0 Å². The van der Waals surface area contributed by atoms with Crippen LogP contribution in [0.5, 0.6) is 0 Å². The molecular weight excluding hydrogens is 421 g/mol. The Labute approximate surface area is 173 Å². The highest BCUT2D eigenvalue weighted by molar-refractivity contribution is 7.89. The van der Waals surface area contributed by atoms with Gasteiger partial charge in [0.1, 0.15) is 0 Å². The van der Waals surface area contributed by atoms with Gasteiger partial charge in [0.15, 0.2) is 5.82 Å². The molecule has 0 unspecified atom stereocenters. The zero-order chi connectivity index (χ0) is 21.0. The van der Waals surface area contributed by atoms with Crippen LogP contribution in [0, 0.1) is 5.82 Å². The van der Waals surface area contributed by atoms with Crippen molar-refractivity contribution < 1.29 is 22.3 Å². The number of sulfonamides is 1. The molecule has 1 N–H and O–H groups in total. The molecule has 0 saturated carbocycles. The van der Waals surface area contributed by atoms with Crippen molar-refractivity contribution in [3.63, 3.8) is 0 Å². The topological polar surface area (TPSA) is 88.1 Å². The first-order valence-corrected chi connectivity index (χ1v) is 10.6. The lowest BCUT2D eigenvalue weighted by atomic mass is 10.1. The van der Waals surface area contributed by atoms with Crippen LogP contribution in [-0.4, -0.2) is 50.6 Å². The van der Waals surface area contributed by atoms with E-state index in [1.165, 1.54) is 47.6 Å². The average molecular weight is 440 g/mol. The Morgan fingerprint density at radius 3 is 2.62 bits per heavy atom. The molecule has 1 aliphatic rings. The van der Waals surface area contributed by atoms with Gasteiger partial charge < -0.3 is 4.74 Å². The monoisotopic (exact) mass is 439 g/mol. The van der Waals surface area contributed by atoms with Gasteiger partial charge in [-0.25, -0.2) is 18.2 Å². The molecule has 0 aromatic heterocycles. The summed E-state index contributed by atoms with van der Waals surface area (Å²) in [5.74, 6) is -1.26. The summed E-state index contributed by atoms with van der Waals surface area (Å²) in [7, 11) is -3.73. The molecule has 154 valence electrons. The number of morpholine rings is 1. The summed E-state index contributed by atoms with van der Waals surface area (Å²) in [5.41, 5.74) is 2.80. The van der Waals surface area contributed by atoms with Gasteiger partial charge in [-0.2, -0.15) is 9.41 Å². The van der Waals surface area contributed by atoms with E-state index in [-0.39, 0.29) is 39.8 Å². The fourth-order valence-electron chi connectivity index (χ4n) is 2.78. The second-order valence-electron chi connectivity index (χ2n) is 6.28. The summed E-state index contributed by atoms with van der Waals surface area (Å²) in [6.07, 6.45) is 0. The number of ether oxygens (including phenoxy) is 1. The van der Waals surface area contributed by atoms with Crippen molar-refractivity contribution >= 4 is 33.2 Å². The summed E-state index contributed by atoms with van der Waals surface area (Å²) in [6.45, 7) is 2.69. The summed E-state index contributed by atoms with van der Waals surface area (Å²) >= 11 is 5.75. The van der Waals surface area contributed by atoms with Crippen molar-refractivity contribution in [1.29, 1.82) is 0 Å². The normalized spacial score (nSPS) is 15.9. The number of nitrogens with zero attached hydrogens (tertiary/aromatic N) is 2. The third-order valence-electron chi connectivity index (χ3n) is 4.37. The number of hydrogen-bond acceptors (Lipinski definition) is 5. The Morgan fingerprint density at radius 1 is 1.21 bits per heavy atom. The largest absolute Gasteiger partial charge is 0.379 e. The van der Waals surface area contributed by atoms with Gasteiger partial charge >= 0.3 is 0 Å². The third kappa shape index (κ3) is 4.81. The molecule has 1 amide bonds. The number of carbonyl (C=O) groups excluding carboxylic acids is 1. The van der Waals surface area contributed by atoms with E-state index in [0.29, 0.717) is 13.2 Å². The minimum atomic E-state index is -3.73. The van der Waals surface area contributed by atoms with E-state index in [1.54, 1.807) is 6.07 Å². The Hall–Kier alpha value is -2.33. The van der Waals surface area contributed by atoms with Crippen molar-refractivity contribution in [2.75, 3.05) is 26.3 Å². The zero-order valence-electron chi connectivity index (χ0n) is 15.6. The molecule has 0 spiro atoms. The van der Waals surface area contributed by atoms with Crippen molar-refractivity contribution in [1.82, 2.24) is 9.73 Å². The highest BCUT2D eigenvalue weighted by Crippen LogP contribution is 2.19. The molecule has 0 aliphatic carbocycles. The Kier molecular flexibility index (Phi) is 6.63. The summed E-state index contributed by atoms with van der Waals surface area (Å²) < 4.78 is 46.0. The van der Waals surface area contributed by atoms with Crippen LogP contribution in [0.4, 0.5) is 4.39 Å². The predicted octanol–water partition coefficient (Wildman–Crippen LogP) is 2.65. The van der Waals surface area contributed by atoms with Crippen molar-refractivity contribution in [3.8, 4) is 0 Å². The minimum absolute atomic E-state index is 0.00800. The summed E-state index contributed by atoms with van der Waals surface area (Å²) in [6, 6.07) is 10.1. The molecule has 1 fully saturated rings. The molecule has 1 saturated heterocycles. The zero-order valence-corrected chi connectivity index (χ0v) is 17.1. The molecule has 0 radical (unpaired) electrons. The van der Waals surface area contributed by atoms with Gasteiger partial charge in [0.2, 0.25) is 10.0 Å². The molecule has 10 heteroatoms. The lowest BCUT2D eigenvalue weighted by molar-refractivity contribution is 0.0730. The molecular formula is C19H19ClFN3O4S. The SMILES string of the molecule is CC(=NNC(=O)c1cccc(S(=O)(=O)N2CCOCC2)c1)c1cccc(Cl)c1F. The van der Waals surface area contributed by atoms with Crippen LogP contribution in [-0.2, 0) is 14.8 Å². The van der Waals surface area contributed by atoms with E-state index in [1.807, 2.05) is 0 Å². The molecule has 0 bridgehead atoms. The second-order valence-corrected chi connectivity index (χ2v) is 8.63. The molecule has 1 heterocycles. The molecule has 29 heavy (non-hydrogen) atoms. The Bertz CT molecular complexity index is 1050. The summed E-state index contributed by atoms with van der Waals surface area (Å²) in [5, 5.41) is 3.84. The first kappa shape index (κ1) is 21.4. The Morgan fingerprint density at radius 2 is 1.90 bits per heavy atom. The quantitative estimate of drug-likeness (QED) is 0.573. The molecule has 1 aliphatic heterocycles. The number of hydrazone groups is 1. The van der Waals surface area contributed by atoms with Crippen LogP contribution in [0.3, 0.4) is 0 Å². The fourth-order valence-corrected chi connectivity index (χ4v) is 4.41. The van der Waals surface area contributed by atoms with Crippen molar-refractivity contribution in [2.45, 2.75) is 11.8 Å². The first-order valence-electron chi connectivity index (χ1n) is 8.77. The number of hydrogen-bond donors (Lipinski definition) is 1. The smallest absolute Gasteiger partial charge is 0.271 e. The molecule has 2 aromatic carbocycles. The number of halogens is 2. The van der Waals surface area contributed by atoms with Crippen molar-refractivity contribution in [2.24, 2.45) is 5.10 Å². The van der Waals surface area contributed by atoms with E-state index in [4.69, 9.17) is 16.3 Å². The Balaban J connectivity index is 1.78. The lowest BCUT2D eigenvalue weighted by Crippen LogP contribution is -2.40. The molecule has 7 nitrogen and oxygen atoms in total. The first-order chi connectivity index (χ1) is 13.8. The maximum atomic E-state index is 14.1. The van der Waals surface area contributed by atoms with Crippen LogP contribution >= 0.6 is 11.6 Å². The van der Waals surface area contributed by atoms with Gasteiger partial charge in [-0.3, -0.25) is 4.79 Å². The van der Waals surface area contributed by atoms with Gasteiger partial charge in [0, 0.05) is 24.2 Å². The number of rotatable bonds is 5. The highest BCUT2D eigenvalue weighted by atomic mass is 35.5. The second kappa shape index (κ2) is 9.00. The van der Waals surface area contributed by atoms with E-state index in [0.717, 1.165) is 0 Å². The van der Waals surface area contributed by atoms with Gasteiger partial charge in [-0.15, -0.1) is 0 Å². The maximum Gasteiger partial charge on any atom is 0.271 e. The third-order valence-corrected chi connectivity index (χ3v) is 6.56. The fraction of sp³-hybridized carbons (Fsp3) is 0.263. The highest BCUT2D eigenvalue weighted by Gasteiger charge is 2.26. The molecule has 3 rings (SSSR count). The van der Waals surface area contributed by atoms with Gasteiger partial charge in [0.05, 0.1) is 28.8 Å². The number of benzene rings is 2. The van der Waals surface area contributed by atoms with Crippen LogP contribution in [0.2, 0.25) is 5.02 Å². The van der Waals surface area contributed by atoms with E-state index in [2.05, 4.69) is 10.5 Å². The van der Waals surface area contributed by atoms with Gasteiger partial charge in [-0.05, 0) is 31.2 Å². The molecule has 0 atom stereocenters. The minimum Gasteiger partial charge on any atom is -0.379 e. The van der Waals surface area contributed by atoms with Crippen LogP contribution in [0.1, 0.15) is 22.8 Å². The van der Waals surface area contributed by atoms with E-state index >= 15 is 0 Å². The van der Waals surface area contributed by atoms with E-state index in [9.17, 15) is 17.6 Å². The number of carbonyl (C=O) groups is 1.